The van der Waals surface area contributed by atoms with Crippen LogP contribution in [0.2, 0.25) is 0 Å². The zero-order valence-corrected chi connectivity index (χ0v) is 14.8. The maximum Gasteiger partial charge on any atom is 0.250 e. The van der Waals surface area contributed by atoms with Gasteiger partial charge < -0.3 is 0 Å². The van der Waals surface area contributed by atoms with E-state index in [9.17, 15) is 8.42 Å². The molecule has 0 fully saturated rings. The third-order valence-electron chi connectivity index (χ3n) is 3.56. The van der Waals surface area contributed by atoms with E-state index >= 15 is 0 Å². The Morgan fingerprint density at radius 1 is 1.12 bits per heavy atom. The molecule has 0 amide bonds. The minimum atomic E-state index is -3.60. The normalized spacial score (nSPS) is 13.0. The van der Waals surface area contributed by atoms with Crippen LogP contribution in [0.5, 0.6) is 0 Å². The van der Waals surface area contributed by atoms with Gasteiger partial charge in [-0.3, -0.25) is 0 Å². The highest BCUT2D eigenvalue weighted by Crippen LogP contribution is 2.24. The van der Waals surface area contributed by atoms with E-state index in [0.717, 1.165) is 16.9 Å². The molecule has 0 aliphatic heterocycles. The number of benzene rings is 1. The van der Waals surface area contributed by atoms with Crippen LogP contribution in [0.4, 0.5) is 0 Å². The molecule has 1 N–H and O–H groups in total. The molecule has 0 aliphatic rings. The van der Waals surface area contributed by atoms with Gasteiger partial charge in [0.15, 0.2) is 0 Å². The summed E-state index contributed by atoms with van der Waals surface area (Å²) in [6, 6.07) is 12.5. The lowest BCUT2D eigenvalue weighted by Gasteiger charge is -2.18. The third kappa shape index (κ3) is 3.89. The van der Waals surface area contributed by atoms with Gasteiger partial charge in [-0.15, -0.1) is 11.3 Å². The molecular formula is C16H18N4O2S2. The first-order chi connectivity index (χ1) is 11.6. The SMILES string of the molecule is CCc1ccc(S(=O)(=O)NC(Cn2nccn2)c2ccccc2)s1. The second-order valence-electron chi connectivity index (χ2n) is 5.24. The summed E-state index contributed by atoms with van der Waals surface area (Å²) in [5.74, 6) is 0. The van der Waals surface area contributed by atoms with Gasteiger partial charge in [0.1, 0.15) is 4.21 Å². The predicted octanol–water partition coefficient (Wildman–Crippen LogP) is 2.62. The topological polar surface area (TPSA) is 76.9 Å². The molecule has 3 rings (SSSR count). The number of hydrogen-bond donors (Lipinski definition) is 1. The molecule has 8 heteroatoms. The molecule has 3 aromatic rings. The fraction of sp³-hybridized carbons (Fsp3) is 0.250. The first-order valence-electron chi connectivity index (χ1n) is 7.58. The maximum absolute atomic E-state index is 12.7. The van der Waals surface area contributed by atoms with Crippen molar-refractivity contribution in [2.24, 2.45) is 0 Å². The number of thiophene rings is 1. The first kappa shape index (κ1) is 16.8. The Hall–Kier alpha value is -2.03. The van der Waals surface area contributed by atoms with Crippen molar-refractivity contribution in [2.75, 3.05) is 0 Å². The van der Waals surface area contributed by atoms with E-state index in [-0.39, 0.29) is 0 Å². The highest BCUT2D eigenvalue weighted by Gasteiger charge is 2.23. The van der Waals surface area contributed by atoms with Crippen molar-refractivity contribution in [2.45, 2.75) is 30.1 Å². The van der Waals surface area contributed by atoms with Crippen molar-refractivity contribution >= 4 is 21.4 Å². The van der Waals surface area contributed by atoms with E-state index < -0.39 is 16.1 Å². The number of rotatable bonds is 7. The smallest absolute Gasteiger partial charge is 0.206 e. The van der Waals surface area contributed by atoms with Gasteiger partial charge in [-0.2, -0.15) is 15.0 Å². The summed E-state index contributed by atoms with van der Waals surface area (Å²) in [6.07, 6.45) is 3.96. The average molecular weight is 362 g/mol. The van der Waals surface area contributed by atoms with Crippen LogP contribution in [0.15, 0.2) is 59.1 Å². The van der Waals surface area contributed by atoms with Crippen LogP contribution in [-0.4, -0.2) is 23.4 Å². The largest absolute Gasteiger partial charge is 0.250 e. The molecule has 1 aromatic carbocycles. The van der Waals surface area contributed by atoms with Crippen molar-refractivity contribution in [1.29, 1.82) is 0 Å². The molecule has 2 aromatic heterocycles. The molecule has 1 unspecified atom stereocenters. The van der Waals surface area contributed by atoms with Crippen molar-refractivity contribution in [3.05, 3.63) is 65.3 Å². The molecule has 1 atom stereocenters. The van der Waals surface area contributed by atoms with Gasteiger partial charge in [0.2, 0.25) is 0 Å². The predicted molar refractivity (Wildman–Crippen MR) is 93.2 cm³/mol. The van der Waals surface area contributed by atoms with Crippen LogP contribution in [-0.2, 0) is 23.0 Å². The Kier molecular flexibility index (Phi) is 5.08. The number of nitrogens with zero attached hydrogens (tertiary/aromatic N) is 3. The second-order valence-corrected chi connectivity index (χ2v) is 8.35. The van der Waals surface area contributed by atoms with Crippen LogP contribution < -0.4 is 4.72 Å². The van der Waals surface area contributed by atoms with Crippen molar-refractivity contribution in [3.63, 3.8) is 0 Å². The minimum absolute atomic E-state index is 0.322. The van der Waals surface area contributed by atoms with Gasteiger partial charge in [-0.1, -0.05) is 37.3 Å². The number of aryl methyl sites for hydroxylation is 1. The van der Waals surface area contributed by atoms with Gasteiger partial charge in [0.05, 0.1) is 25.0 Å². The standard InChI is InChI=1S/C16H18N4O2S2/c1-2-14-8-9-16(23-14)24(21,22)19-15(12-20-17-10-11-18-20)13-6-4-3-5-7-13/h3-11,15,19H,2,12H2,1H3. The minimum Gasteiger partial charge on any atom is -0.206 e. The van der Waals surface area contributed by atoms with Gasteiger partial charge in [-0.25, -0.2) is 13.1 Å². The molecule has 24 heavy (non-hydrogen) atoms. The van der Waals surface area contributed by atoms with E-state index in [1.54, 1.807) is 18.5 Å². The molecule has 0 aliphatic carbocycles. The highest BCUT2D eigenvalue weighted by molar-refractivity contribution is 7.91. The number of sulfonamides is 1. The fourth-order valence-corrected chi connectivity index (χ4v) is 4.86. The Morgan fingerprint density at radius 3 is 2.46 bits per heavy atom. The van der Waals surface area contributed by atoms with Gasteiger partial charge in [0, 0.05) is 4.88 Å². The summed E-state index contributed by atoms with van der Waals surface area (Å²) in [4.78, 5) is 2.52. The number of nitrogens with one attached hydrogen (secondary N) is 1. The maximum atomic E-state index is 12.7. The lowest BCUT2D eigenvalue weighted by Crippen LogP contribution is -2.31. The van der Waals surface area contributed by atoms with E-state index in [1.165, 1.54) is 16.1 Å². The van der Waals surface area contributed by atoms with Gasteiger partial charge in [-0.05, 0) is 24.1 Å². The Balaban J connectivity index is 1.88. The number of hydrogen-bond acceptors (Lipinski definition) is 5. The van der Waals surface area contributed by atoms with E-state index in [0.29, 0.717) is 10.8 Å². The molecule has 0 spiro atoms. The lowest BCUT2D eigenvalue weighted by atomic mass is 10.1. The van der Waals surface area contributed by atoms with E-state index in [2.05, 4.69) is 14.9 Å². The Morgan fingerprint density at radius 2 is 1.83 bits per heavy atom. The van der Waals surface area contributed by atoms with Crippen LogP contribution in [0, 0.1) is 0 Å². The summed E-state index contributed by atoms with van der Waals surface area (Å²) >= 11 is 1.30. The zero-order valence-electron chi connectivity index (χ0n) is 13.2. The molecule has 0 bridgehead atoms. The zero-order chi connectivity index (χ0) is 17.0. The third-order valence-corrected chi connectivity index (χ3v) is 6.76. The summed E-state index contributed by atoms with van der Waals surface area (Å²) < 4.78 is 28.6. The fourth-order valence-electron chi connectivity index (χ4n) is 2.34. The van der Waals surface area contributed by atoms with Crippen LogP contribution in [0.3, 0.4) is 0 Å². The van der Waals surface area contributed by atoms with Crippen LogP contribution in [0.25, 0.3) is 0 Å². The van der Waals surface area contributed by atoms with Crippen molar-refractivity contribution in [1.82, 2.24) is 19.7 Å². The molecule has 0 radical (unpaired) electrons. The molecule has 6 nitrogen and oxygen atoms in total. The van der Waals surface area contributed by atoms with Crippen LogP contribution >= 0.6 is 11.3 Å². The van der Waals surface area contributed by atoms with Gasteiger partial charge >= 0.3 is 0 Å². The summed E-state index contributed by atoms with van der Waals surface area (Å²) in [5.41, 5.74) is 0.866. The quantitative estimate of drug-likeness (QED) is 0.701. The lowest BCUT2D eigenvalue weighted by molar-refractivity contribution is 0.445. The second kappa shape index (κ2) is 7.25. The molecule has 0 saturated carbocycles. The first-order valence-corrected chi connectivity index (χ1v) is 9.88. The molecule has 0 saturated heterocycles. The summed E-state index contributed by atoms with van der Waals surface area (Å²) in [6.45, 7) is 2.33. The monoisotopic (exact) mass is 362 g/mol. The van der Waals surface area contributed by atoms with Crippen molar-refractivity contribution < 1.29 is 8.42 Å². The Bertz CT molecular complexity index is 874. The number of aromatic nitrogens is 3. The van der Waals surface area contributed by atoms with Crippen LogP contribution in [0.1, 0.15) is 23.4 Å². The Labute approximate surface area is 145 Å². The van der Waals surface area contributed by atoms with E-state index in [4.69, 9.17) is 0 Å². The molecule has 126 valence electrons. The molecule has 2 heterocycles. The summed E-state index contributed by atoms with van der Waals surface area (Å²) in [5, 5.41) is 8.15. The molecular weight excluding hydrogens is 344 g/mol. The van der Waals surface area contributed by atoms with Gasteiger partial charge in [0.25, 0.3) is 10.0 Å². The highest BCUT2D eigenvalue weighted by atomic mass is 32.2. The van der Waals surface area contributed by atoms with E-state index in [1.807, 2.05) is 43.3 Å². The summed E-state index contributed by atoms with van der Waals surface area (Å²) in [7, 11) is -3.60. The average Bonchev–Trinajstić information content (AvgIpc) is 3.26. The van der Waals surface area contributed by atoms with Crippen molar-refractivity contribution in [3.8, 4) is 0 Å².